The molecule has 0 aromatic carbocycles. The van der Waals surface area contributed by atoms with Gasteiger partial charge < -0.3 is 0 Å². The number of alkyl halides is 1. The molecule has 18 heavy (non-hydrogen) atoms. The van der Waals surface area contributed by atoms with Crippen LogP contribution in [0.1, 0.15) is 90.9 Å². The van der Waals surface area contributed by atoms with Gasteiger partial charge in [0.2, 0.25) is 0 Å². The van der Waals surface area contributed by atoms with Gasteiger partial charge >= 0.3 is 0 Å². The summed E-state index contributed by atoms with van der Waals surface area (Å²) in [5, 5.41) is 0.480. The van der Waals surface area contributed by atoms with Crippen LogP contribution in [0.5, 0.6) is 0 Å². The monoisotopic (exact) mass is 272 g/mol. The van der Waals surface area contributed by atoms with E-state index in [-0.39, 0.29) is 0 Å². The fourth-order valence-electron chi connectivity index (χ4n) is 3.48. The molecule has 0 spiro atoms. The molecule has 0 aliphatic heterocycles. The molecule has 0 radical (unpaired) electrons. The molecular formula is C17H33Cl. The summed E-state index contributed by atoms with van der Waals surface area (Å²) in [5.41, 5.74) is 0. The van der Waals surface area contributed by atoms with Crippen molar-refractivity contribution < 1.29 is 0 Å². The summed E-state index contributed by atoms with van der Waals surface area (Å²) in [7, 11) is 0. The van der Waals surface area contributed by atoms with Crippen molar-refractivity contribution in [1.82, 2.24) is 0 Å². The van der Waals surface area contributed by atoms with E-state index < -0.39 is 0 Å². The second-order valence-corrected chi connectivity index (χ2v) is 6.86. The molecule has 0 nitrogen and oxygen atoms in total. The van der Waals surface area contributed by atoms with Crippen LogP contribution < -0.4 is 0 Å². The summed E-state index contributed by atoms with van der Waals surface area (Å²) in [6, 6.07) is 0. The van der Waals surface area contributed by atoms with Gasteiger partial charge in [0.15, 0.2) is 0 Å². The maximum Gasteiger partial charge on any atom is 0.0364 e. The molecule has 1 aliphatic rings. The summed E-state index contributed by atoms with van der Waals surface area (Å²) < 4.78 is 0. The number of halogens is 1. The van der Waals surface area contributed by atoms with Crippen LogP contribution in [-0.2, 0) is 0 Å². The van der Waals surface area contributed by atoms with Gasteiger partial charge in [-0.15, -0.1) is 11.6 Å². The first-order chi connectivity index (χ1) is 8.77. The third-order valence-corrected chi connectivity index (χ3v) is 5.20. The lowest BCUT2D eigenvalue weighted by molar-refractivity contribution is 0.243. The Hall–Kier alpha value is 0.290. The molecular weight excluding hydrogens is 240 g/mol. The fraction of sp³-hybridized carbons (Fsp3) is 1.00. The minimum atomic E-state index is 0.480. The lowest BCUT2D eigenvalue weighted by Gasteiger charge is -2.33. The zero-order chi connectivity index (χ0) is 13.2. The molecule has 0 saturated heterocycles. The quantitative estimate of drug-likeness (QED) is 0.329. The largest absolute Gasteiger partial charge is 0.123 e. The van der Waals surface area contributed by atoms with Crippen molar-refractivity contribution in [2.75, 3.05) is 0 Å². The van der Waals surface area contributed by atoms with Crippen LogP contribution in [0, 0.1) is 11.8 Å². The molecule has 1 heteroatoms. The molecule has 0 bridgehead atoms. The third kappa shape index (κ3) is 6.45. The van der Waals surface area contributed by atoms with Crippen molar-refractivity contribution >= 4 is 11.6 Å². The van der Waals surface area contributed by atoms with E-state index in [0.29, 0.717) is 5.38 Å². The second-order valence-electron chi connectivity index (χ2n) is 6.30. The van der Waals surface area contributed by atoms with Crippen LogP contribution in [-0.4, -0.2) is 5.38 Å². The highest BCUT2D eigenvalue weighted by Gasteiger charge is 2.28. The third-order valence-electron chi connectivity index (χ3n) is 4.62. The standard InChI is InChI=1S/C17H33Cl/c1-3-5-6-7-8-9-11-16-14-15(10-4-2)12-13-17(16)18/h15-17H,3-14H2,1-2H3. The summed E-state index contributed by atoms with van der Waals surface area (Å²) in [6.07, 6.45) is 16.7. The Morgan fingerprint density at radius 3 is 2.28 bits per heavy atom. The molecule has 1 fully saturated rings. The SMILES string of the molecule is CCCCCCCCC1CC(CCC)CCC1Cl. The summed E-state index contributed by atoms with van der Waals surface area (Å²) in [5.74, 6) is 1.80. The highest BCUT2D eigenvalue weighted by molar-refractivity contribution is 6.20. The van der Waals surface area contributed by atoms with Crippen LogP contribution in [0.25, 0.3) is 0 Å². The van der Waals surface area contributed by atoms with E-state index in [9.17, 15) is 0 Å². The zero-order valence-corrected chi connectivity index (χ0v) is 13.4. The predicted octanol–water partition coefficient (Wildman–Crippen LogP) is 6.56. The summed E-state index contributed by atoms with van der Waals surface area (Å²) >= 11 is 6.51. The Balaban J connectivity index is 2.10. The first-order valence-corrected chi connectivity index (χ1v) is 8.85. The molecule has 1 aliphatic carbocycles. The first kappa shape index (κ1) is 16.3. The van der Waals surface area contributed by atoms with Crippen LogP contribution in [0.2, 0.25) is 0 Å². The van der Waals surface area contributed by atoms with Crippen molar-refractivity contribution in [3.8, 4) is 0 Å². The Kier molecular flexibility index (Phi) is 9.19. The number of hydrogen-bond acceptors (Lipinski definition) is 0. The molecule has 1 rings (SSSR count). The molecule has 108 valence electrons. The topological polar surface area (TPSA) is 0 Å². The molecule has 0 N–H and O–H groups in total. The van der Waals surface area contributed by atoms with E-state index in [1.54, 1.807) is 0 Å². The minimum absolute atomic E-state index is 0.480. The van der Waals surface area contributed by atoms with E-state index in [0.717, 1.165) is 11.8 Å². The van der Waals surface area contributed by atoms with Gasteiger partial charge in [-0.05, 0) is 37.5 Å². The van der Waals surface area contributed by atoms with Crippen LogP contribution >= 0.6 is 11.6 Å². The van der Waals surface area contributed by atoms with Gasteiger partial charge in [0.1, 0.15) is 0 Å². The van der Waals surface area contributed by atoms with Crippen LogP contribution in [0.4, 0.5) is 0 Å². The van der Waals surface area contributed by atoms with Crippen molar-refractivity contribution in [2.45, 2.75) is 96.3 Å². The smallest absolute Gasteiger partial charge is 0.0364 e. The maximum atomic E-state index is 6.51. The highest BCUT2D eigenvalue weighted by atomic mass is 35.5. The molecule has 1 saturated carbocycles. The lowest BCUT2D eigenvalue weighted by atomic mass is 9.77. The van der Waals surface area contributed by atoms with Gasteiger partial charge in [0, 0.05) is 5.38 Å². The van der Waals surface area contributed by atoms with Gasteiger partial charge in [-0.25, -0.2) is 0 Å². The van der Waals surface area contributed by atoms with Gasteiger partial charge in [-0.2, -0.15) is 0 Å². The van der Waals surface area contributed by atoms with Crippen LogP contribution in [0.3, 0.4) is 0 Å². The maximum absolute atomic E-state index is 6.51. The van der Waals surface area contributed by atoms with E-state index >= 15 is 0 Å². The highest BCUT2D eigenvalue weighted by Crippen LogP contribution is 2.37. The lowest BCUT2D eigenvalue weighted by Crippen LogP contribution is -2.25. The number of unbranched alkanes of at least 4 members (excludes halogenated alkanes) is 5. The number of rotatable bonds is 9. The van der Waals surface area contributed by atoms with Crippen LogP contribution in [0.15, 0.2) is 0 Å². The van der Waals surface area contributed by atoms with Gasteiger partial charge in [-0.3, -0.25) is 0 Å². The minimum Gasteiger partial charge on any atom is -0.123 e. The van der Waals surface area contributed by atoms with Crippen molar-refractivity contribution in [3.05, 3.63) is 0 Å². The first-order valence-electron chi connectivity index (χ1n) is 8.42. The summed E-state index contributed by atoms with van der Waals surface area (Å²) in [6.45, 7) is 4.60. The molecule has 3 unspecified atom stereocenters. The molecule has 3 atom stereocenters. The Labute approximate surface area is 120 Å². The van der Waals surface area contributed by atoms with Gasteiger partial charge in [0.25, 0.3) is 0 Å². The second kappa shape index (κ2) is 10.1. The van der Waals surface area contributed by atoms with E-state index in [1.165, 1.54) is 77.0 Å². The normalized spacial score (nSPS) is 28.5. The molecule has 0 aromatic rings. The number of hydrogen-bond donors (Lipinski definition) is 0. The summed E-state index contributed by atoms with van der Waals surface area (Å²) in [4.78, 5) is 0. The van der Waals surface area contributed by atoms with Crippen molar-refractivity contribution in [2.24, 2.45) is 11.8 Å². The molecule has 0 heterocycles. The average molecular weight is 273 g/mol. The van der Waals surface area contributed by atoms with Crippen molar-refractivity contribution in [3.63, 3.8) is 0 Å². The molecule has 0 amide bonds. The van der Waals surface area contributed by atoms with E-state index in [2.05, 4.69) is 13.8 Å². The Morgan fingerprint density at radius 1 is 0.833 bits per heavy atom. The van der Waals surface area contributed by atoms with E-state index in [4.69, 9.17) is 11.6 Å². The van der Waals surface area contributed by atoms with Gasteiger partial charge in [-0.1, -0.05) is 65.2 Å². The average Bonchev–Trinajstić information content (AvgIpc) is 2.37. The van der Waals surface area contributed by atoms with E-state index in [1.807, 2.05) is 0 Å². The Bertz CT molecular complexity index is 190. The van der Waals surface area contributed by atoms with Gasteiger partial charge in [0.05, 0.1) is 0 Å². The zero-order valence-electron chi connectivity index (χ0n) is 12.6. The fourth-order valence-corrected chi connectivity index (χ4v) is 3.84. The Morgan fingerprint density at radius 2 is 1.56 bits per heavy atom. The van der Waals surface area contributed by atoms with Crippen molar-refractivity contribution in [1.29, 1.82) is 0 Å². The molecule has 0 aromatic heterocycles. The predicted molar refractivity (Wildman–Crippen MR) is 83.4 cm³/mol.